The van der Waals surface area contributed by atoms with Gasteiger partial charge in [0.2, 0.25) is 0 Å². The van der Waals surface area contributed by atoms with Crippen LogP contribution in [0.15, 0.2) is 0 Å². The van der Waals surface area contributed by atoms with Crippen molar-refractivity contribution in [2.45, 2.75) is 70.9 Å². The van der Waals surface area contributed by atoms with Crippen LogP contribution in [0.2, 0.25) is 0 Å². The summed E-state index contributed by atoms with van der Waals surface area (Å²) < 4.78 is 0. The third-order valence-electron chi connectivity index (χ3n) is 5.66. The molecule has 0 aromatic heterocycles. The molecule has 1 saturated heterocycles. The van der Waals surface area contributed by atoms with Crippen molar-refractivity contribution in [3.05, 3.63) is 0 Å². The van der Waals surface area contributed by atoms with Gasteiger partial charge in [-0.2, -0.15) is 0 Å². The molecule has 3 atom stereocenters. The lowest BCUT2D eigenvalue weighted by Crippen LogP contribution is -2.53. The maximum Gasteiger partial charge on any atom is 0.0198 e. The van der Waals surface area contributed by atoms with E-state index in [2.05, 4.69) is 24.1 Å². The first kappa shape index (κ1) is 13.9. The summed E-state index contributed by atoms with van der Waals surface area (Å²) in [4.78, 5) is 2.82. The highest BCUT2D eigenvalue weighted by Gasteiger charge is 2.37. The minimum absolute atomic E-state index is 0.761. The fourth-order valence-electron chi connectivity index (χ4n) is 4.21. The molecular formula is C17H32N2. The molecule has 0 aromatic carbocycles. The number of nitrogens with one attached hydrogen (secondary N) is 1. The molecule has 2 aliphatic carbocycles. The van der Waals surface area contributed by atoms with Gasteiger partial charge in [0.1, 0.15) is 0 Å². The van der Waals surface area contributed by atoms with Crippen LogP contribution >= 0.6 is 0 Å². The van der Waals surface area contributed by atoms with Crippen molar-refractivity contribution >= 4 is 0 Å². The van der Waals surface area contributed by atoms with E-state index in [0.29, 0.717) is 0 Å². The van der Waals surface area contributed by atoms with E-state index in [-0.39, 0.29) is 0 Å². The van der Waals surface area contributed by atoms with Crippen LogP contribution in [0.25, 0.3) is 0 Å². The average Bonchev–Trinajstić information content (AvgIpc) is 3.12. The Balaban J connectivity index is 1.50. The normalized spacial score (nSPS) is 35.1. The molecule has 1 aliphatic heterocycles. The molecule has 2 heteroatoms. The zero-order chi connectivity index (χ0) is 13.2. The lowest BCUT2D eigenvalue weighted by molar-refractivity contribution is 0.0866. The summed E-state index contributed by atoms with van der Waals surface area (Å²) in [5.41, 5.74) is 0. The molecular weight excluding hydrogens is 232 g/mol. The minimum Gasteiger partial charge on any atom is -0.312 e. The molecule has 0 radical (unpaired) electrons. The second kappa shape index (κ2) is 6.13. The molecule has 3 aliphatic rings. The Labute approximate surface area is 119 Å². The van der Waals surface area contributed by atoms with Crippen molar-refractivity contribution in [2.24, 2.45) is 17.8 Å². The van der Waals surface area contributed by atoms with Gasteiger partial charge in [0, 0.05) is 25.2 Å². The van der Waals surface area contributed by atoms with Crippen molar-refractivity contribution < 1.29 is 0 Å². The van der Waals surface area contributed by atoms with Gasteiger partial charge in [0.15, 0.2) is 0 Å². The molecule has 3 rings (SSSR count). The van der Waals surface area contributed by atoms with Gasteiger partial charge >= 0.3 is 0 Å². The smallest absolute Gasteiger partial charge is 0.0198 e. The molecule has 1 N–H and O–H groups in total. The number of likely N-dealkylation sites (tertiary alicyclic amines) is 1. The molecule has 0 aromatic rings. The molecule has 3 fully saturated rings. The Morgan fingerprint density at radius 3 is 2.53 bits per heavy atom. The number of hydrogen-bond donors (Lipinski definition) is 1. The van der Waals surface area contributed by atoms with E-state index in [1.54, 1.807) is 0 Å². The Morgan fingerprint density at radius 1 is 1.16 bits per heavy atom. The van der Waals surface area contributed by atoms with Crippen LogP contribution in [-0.4, -0.2) is 36.6 Å². The lowest BCUT2D eigenvalue weighted by atomic mass is 9.85. The average molecular weight is 264 g/mol. The predicted molar refractivity (Wildman–Crippen MR) is 81.3 cm³/mol. The van der Waals surface area contributed by atoms with Gasteiger partial charge in [-0.3, -0.25) is 4.90 Å². The zero-order valence-corrected chi connectivity index (χ0v) is 12.9. The van der Waals surface area contributed by atoms with Crippen LogP contribution in [-0.2, 0) is 0 Å². The van der Waals surface area contributed by atoms with Gasteiger partial charge in [0.25, 0.3) is 0 Å². The maximum absolute atomic E-state index is 3.88. The van der Waals surface area contributed by atoms with Crippen LogP contribution in [0.3, 0.4) is 0 Å². The molecule has 2 saturated carbocycles. The summed E-state index contributed by atoms with van der Waals surface area (Å²) >= 11 is 0. The molecule has 19 heavy (non-hydrogen) atoms. The fourth-order valence-corrected chi connectivity index (χ4v) is 4.21. The minimum atomic E-state index is 0.761. The Hall–Kier alpha value is -0.0800. The van der Waals surface area contributed by atoms with Gasteiger partial charge in [-0.1, -0.05) is 20.3 Å². The number of piperidine rings is 1. The zero-order valence-electron chi connectivity index (χ0n) is 12.9. The van der Waals surface area contributed by atoms with Gasteiger partial charge in [-0.05, 0) is 62.8 Å². The van der Waals surface area contributed by atoms with Crippen molar-refractivity contribution in [2.75, 3.05) is 19.6 Å². The van der Waals surface area contributed by atoms with Crippen LogP contribution in [0.4, 0.5) is 0 Å². The van der Waals surface area contributed by atoms with Crippen LogP contribution in [0, 0.1) is 17.8 Å². The second-order valence-electron chi connectivity index (χ2n) is 7.51. The first-order valence-corrected chi connectivity index (χ1v) is 8.73. The van der Waals surface area contributed by atoms with Crippen LogP contribution in [0.5, 0.6) is 0 Å². The summed E-state index contributed by atoms with van der Waals surface area (Å²) in [7, 11) is 0. The highest BCUT2D eigenvalue weighted by molar-refractivity contribution is 4.92. The Morgan fingerprint density at radius 2 is 1.95 bits per heavy atom. The molecule has 1 heterocycles. The van der Waals surface area contributed by atoms with Crippen LogP contribution in [0.1, 0.15) is 58.8 Å². The Bertz CT molecular complexity index is 283. The van der Waals surface area contributed by atoms with Crippen LogP contribution < -0.4 is 5.32 Å². The van der Waals surface area contributed by atoms with E-state index in [4.69, 9.17) is 0 Å². The quantitative estimate of drug-likeness (QED) is 0.792. The summed E-state index contributed by atoms with van der Waals surface area (Å²) in [5, 5.41) is 3.88. The Kier molecular flexibility index (Phi) is 4.48. The maximum atomic E-state index is 3.88. The summed E-state index contributed by atoms with van der Waals surface area (Å²) in [5.74, 6) is 2.90. The lowest BCUT2D eigenvalue weighted by Gasteiger charge is -2.42. The molecule has 0 spiro atoms. The summed E-state index contributed by atoms with van der Waals surface area (Å²) in [6.07, 6.45) is 10.1. The van der Waals surface area contributed by atoms with E-state index in [1.165, 1.54) is 64.6 Å². The van der Waals surface area contributed by atoms with E-state index < -0.39 is 0 Å². The topological polar surface area (TPSA) is 15.3 Å². The second-order valence-corrected chi connectivity index (χ2v) is 7.51. The first-order valence-electron chi connectivity index (χ1n) is 8.73. The largest absolute Gasteiger partial charge is 0.312 e. The van der Waals surface area contributed by atoms with Gasteiger partial charge in [-0.25, -0.2) is 0 Å². The van der Waals surface area contributed by atoms with Gasteiger partial charge in [0.05, 0.1) is 0 Å². The highest BCUT2D eigenvalue weighted by atomic mass is 15.2. The number of rotatable bonds is 6. The third kappa shape index (κ3) is 3.52. The van der Waals surface area contributed by atoms with Crippen molar-refractivity contribution in [1.82, 2.24) is 10.2 Å². The SMILES string of the molecule is CCC(C1CC1)N1CC(C)CC(NCC2CCC2)C1. The molecule has 110 valence electrons. The number of hydrogen-bond acceptors (Lipinski definition) is 2. The standard InChI is InChI=1S/C17H32N2/c1-3-17(15-7-8-15)19-11-13(2)9-16(12-19)18-10-14-5-4-6-14/h13-18H,3-12H2,1-2H3. The molecule has 2 nitrogen and oxygen atoms in total. The van der Waals surface area contributed by atoms with E-state index in [0.717, 1.165) is 29.8 Å². The van der Waals surface area contributed by atoms with E-state index >= 15 is 0 Å². The number of nitrogens with zero attached hydrogens (tertiary/aromatic N) is 1. The highest BCUT2D eigenvalue weighted by Crippen LogP contribution is 2.38. The van der Waals surface area contributed by atoms with Gasteiger partial charge < -0.3 is 5.32 Å². The predicted octanol–water partition coefficient (Wildman–Crippen LogP) is 3.28. The van der Waals surface area contributed by atoms with Crippen molar-refractivity contribution in [3.8, 4) is 0 Å². The monoisotopic (exact) mass is 264 g/mol. The van der Waals surface area contributed by atoms with Crippen molar-refractivity contribution in [1.29, 1.82) is 0 Å². The van der Waals surface area contributed by atoms with Crippen molar-refractivity contribution in [3.63, 3.8) is 0 Å². The summed E-state index contributed by atoms with van der Waals surface area (Å²) in [6.45, 7) is 8.77. The third-order valence-corrected chi connectivity index (χ3v) is 5.66. The van der Waals surface area contributed by atoms with Gasteiger partial charge in [-0.15, -0.1) is 0 Å². The first-order chi connectivity index (χ1) is 9.26. The summed E-state index contributed by atoms with van der Waals surface area (Å²) in [6, 6.07) is 1.65. The molecule has 0 bridgehead atoms. The van der Waals surface area contributed by atoms with E-state index in [1.807, 2.05) is 0 Å². The fraction of sp³-hybridized carbons (Fsp3) is 1.00. The molecule has 0 amide bonds. The van der Waals surface area contributed by atoms with E-state index in [9.17, 15) is 0 Å². The molecule has 3 unspecified atom stereocenters.